The molecule has 3 N–H and O–H groups in total. The number of halogens is 2. The molecule has 4 aliphatic rings. The maximum Gasteiger partial charge on any atom is 0.407 e. The summed E-state index contributed by atoms with van der Waals surface area (Å²) in [6.07, 6.45) is 2.67. The second kappa shape index (κ2) is 18.5. The summed E-state index contributed by atoms with van der Waals surface area (Å²) in [6.45, 7) is 1.52. The topological polar surface area (TPSA) is 177 Å². The minimum absolute atomic E-state index is 0.180. The van der Waals surface area contributed by atoms with E-state index < -0.39 is 36.9 Å². The third-order valence-electron chi connectivity index (χ3n) is 13.1. The molecule has 4 aromatic carbocycles. The number of alkyl carbamates (subject to hydrolysis) is 2. The van der Waals surface area contributed by atoms with Crippen molar-refractivity contribution in [3.63, 3.8) is 0 Å². The predicted octanol–water partition coefficient (Wildman–Crippen LogP) is 8.02. The number of alkyl halides is 2. The van der Waals surface area contributed by atoms with E-state index >= 15 is 0 Å². The van der Waals surface area contributed by atoms with E-state index in [1.807, 2.05) is 62.4 Å². The predicted molar refractivity (Wildman–Crippen MR) is 240 cm³/mol. The summed E-state index contributed by atoms with van der Waals surface area (Å²) in [5.74, 6) is 0.170. The maximum atomic E-state index is 14.1. The van der Waals surface area contributed by atoms with Crippen LogP contribution in [-0.4, -0.2) is 102 Å². The number of imidazole rings is 1. The second-order valence-electron chi connectivity index (χ2n) is 17.5. The fourth-order valence-corrected chi connectivity index (χ4v) is 9.82. The average molecular weight is 904 g/mol. The van der Waals surface area contributed by atoms with Gasteiger partial charge in [0.25, 0.3) is 5.91 Å². The van der Waals surface area contributed by atoms with Gasteiger partial charge in [-0.2, -0.15) is 8.78 Å². The summed E-state index contributed by atoms with van der Waals surface area (Å²) in [6, 6.07) is 20.9. The highest BCUT2D eigenvalue weighted by atomic mass is 19.3. The number of hydrogen-bond acceptors (Lipinski definition) is 10. The minimum atomic E-state index is -2.93. The Balaban J connectivity index is 0.937. The average Bonchev–Trinajstić information content (AvgIpc) is 4.17. The number of aliphatic imine (C=N–C) groups is 1. The van der Waals surface area contributed by atoms with E-state index in [-0.39, 0.29) is 42.8 Å². The number of nitrogens with zero attached hydrogens (tertiary/aromatic N) is 4. The molecule has 0 spiro atoms. The van der Waals surface area contributed by atoms with Crippen LogP contribution in [-0.2, 0) is 36.8 Å². The van der Waals surface area contributed by atoms with Crippen LogP contribution in [0.4, 0.5) is 24.1 Å². The zero-order valence-corrected chi connectivity index (χ0v) is 37.0. The van der Waals surface area contributed by atoms with E-state index in [1.165, 1.54) is 14.2 Å². The van der Waals surface area contributed by atoms with Gasteiger partial charge in [-0.15, -0.1) is 0 Å². The van der Waals surface area contributed by atoms with Gasteiger partial charge in [0.15, 0.2) is 0 Å². The Labute approximate surface area is 379 Å². The number of rotatable bonds is 12. The fourth-order valence-electron chi connectivity index (χ4n) is 9.82. The van der Waals surface area contributed by atoms with Crippen LogP contribution >= 0.6 is 0 Å². The van der Waals surface area contributed by atoms with Crippen LogP contribution in [0.1, 0.15) is 67.7 Å². The summed E-state index contributed by atoms with van der Waals surface area (Å²) in [7, 11) is 2.50. The summed E-state index contributed by atoms with van der Waals surface area (Å²) >= 11 is 0. The van der Waals surface area contributed by atoms with Crippen molar-refractivity contribution in [3.05, 3.63) is 102 Å². The molecule has 0 aliphatic carbocycles. The first-order chi connectivity index (χ1) is 31.9. The first kappa shape index (κ1) is 44.3. The van der Waals surface area contributed by atoms with Gasteiger partial charge in [-0.05, 0) is 88.5 Å². The minimum Gasteiger partial charge on any atom is -0.488 e. The number of fused-ring (bicyclic) bond motifs is 6. The van der Waals surface area contributed by atoms with Gasteiger partial charge in [-0.1, -0.05) is 56.3 Å². The van der Waals surface area contributed by atoms with E-state index in [1.54, 1.807) is 28.1 Å². The Morgan fingerprint density at radius 2 is 1.70 bits per heavy atom. The lowest BCUT2D eigenvalue weighted by atomic mass is 9.90. The molecule has 344 valence electrons. The van der Waals surface area contributed by atoms with Crippen molar-refractivity contribution < 1.29 is 46.9 Å². The third-order valence-corrected chi connectivity index (χ3v) is 13.1. The van der Waals surface area contributed by atoms with Gasteiger partial charge in [0, 0.05) is 42.3 Å². The molecule has 4 amide bonds. The molecule has 15 nitrogen and oxygen atoms in total. The van der Waals surface area contributed by atoms with Gasteiger partial charge in [0.1, 0.15) is 30.3 Å². The summed E-state index contributed by atoms with van der Waals surface area (Å²) in [5, 5.41) is 7.38. The highest BCUT2D eigenvalue weighted by Crippen LogP contribution is 2.45. The van der Waals surface area contributed by atoms with Gasteiger partial charge >= 0.3 is 18.8 Å². The largest absolute Gasteiger partial charge is 0.488 e. The second-order valence-corrected chi connectivity index (χ2v) is 17.5. The van der Waals surface area contributed by atoms with Crippen molar-refractivity contribution in [3.8, 4) is 28.1 Å². The van der Waals surface area contributed by atoms with E-state index in [0.717, 1.165) is 67.9 Å². The number of likely N-dealkylation sites (tertiary alicyclic amines) is 2. The van der Waals surface area contributed by atoms with Crippen molar-refractivity contribution in [1.82, 2.24) is 30.4 Å². The number of nitrogens with one attached hydrogen (secondary N) is 3. The van der Waals surface area contributed by atoms with Gasteiger partial charge in [-0.3, -0.25) is 14.6 Å². The standard InChI is InChI=1S/C49H51F2N7O8/c1-26(2)42(55-48(61)63-3)45(59)58-23-27(24-66-47(50)51)17-40(58)37-21-35-33-19-31-25-65-41-20-30(12-14-32(41)34(31)18-29(33)13-15-36(35)53-37)38-22-52-44(54-38)39-11-8-16-57(39)46(60)43(56-49(62)64-4)28-9-6-5-7-10-28/h5-7,9-10,12-15,18-20,22,26-27,39-40,42-43,47H,8,11,16-17,21,23-25H2,1-4H3,(H,52,54)(H,55,61)(H,56,62)/t27-,39?,40-,42-,43+/m0/s1. The molecule has 2 saturated heterocycles. The quantitative estimate of drug-likeness (QED) is 0.112. The monoisotopic (exact) mass is 903 g/mol. The highest BCUT2D eigenvalue weighted by molar-refractivity contribution is 6.06. The molecule has 4 aliphatic heterocycles. The number of benzene rings is 4. The van der Waals surface area contributed by atoms with E-state index in [0.29, 0.717) is 43.8 Å². The molecular formula is C49H51F2N7O8. The number of aromatic amines is 1. The lowest BCUT2D eigenvalue weighted by Crippen LogP contribution is -2.53. The molecule has 9 rings (SSSR count). The molecule has 0 saturated carbocycles. The van der Waals surface area contributed by atoms with Gasteiger partial charge in [0.2, 0.25) is 5.91 Å². The van der Waals surface area contributed by atoms with E-state index in [2.05, 4.69) is 27.8 Å². The number of hydrogen-bond donors (Lipinski definition) is 3. The number of H-pyrrole nitrogens is 1. The molecule has 1 unspecified atom stereocenters. The van der Waals surface area contributed by atoms with Crippen LogP contribution in [0.25, 0.3) is 33.2 Å². The summed E-state index contributed by atoms with van der Waals surface area (Å²) in [4.78, 5) is 69.3. The van der Waals surface area contributed by atoms with Crippen LogP contribution in [0.3, 0.4) is 0 Å². The molecule has 1 aromatic heterocycles. The smallest absolute Gasteiger partial charge is 0.407 e. The van der Waals surface area contributed by atoms with Crippen LogP contribution in [0, 0.1) is 11.8 Å². The zero-order chi connectivity index (χ0) is 46.2. The molecule has 0 radical (unpaired) electrons. The molecular weight excluding hydrogens is 853 g/mol. The highest BCUT2D eigenvalue weighted by Gasteiger charge is 2.43. The maximum absolute atomic E-state index is 14.1. The Morgan fingerprint density at radius 3 is 2.45 bits per heavy atom. The SMILES string of the molecule is COC(=O)N[C@H](C(=O)N1C[C@@H](COC(F)F)C[C@H]1C1=Nc2ccc3cc4c(cc3c2C1)COc1cc(-c2cnc(C3CCCN3C(=O)[C@H](NC(=O)OC)c3ccccc3)[nH]2)ccc1-4)C(C)C. The van der Waals surface area contributed by atoms with Crippen molar-refractivity contribution in [2.24, 2.45) is 16.8 Å². The van der Waals surface area contributed by atoms with Crippen LogP contribution in [0.2, 0.25) is 0 Å². The van der Waals surface area contributed by atoms with Crippen molar-refractivity contribution >= 4 is 46.2 Å². The van der Waals surface area contributed by atoms with Gasteiger partial charge in [-0.25, -0.2) is 14.6 Å². The van der Waals surface area contributed by atoms with Crippen LogP contribution in [0.5, 0.6) is 5.75 Å². The number of methoxy groups -OCH3 is 2. The Hall–Kier alpha value is -6.88. The number of aromatic nitrogens is 2. The lowest BCUT2D eigenvalue weighted by Gasteiger charge is -2.31. The summed E-state index contributed by atoms with van der Waals surface area (Å²) in [5.41, 5.74) is 7.82. The number of carbonyl (C=O) groups excluding carboxylic acids is 4. The Morgan fingerprint density at radius 1 is 0.909 bits per heavy atom. The van der Waals surface area contributed by atoms with Crippen molar-refractivity contribution in [2.75, 3.05) is 33.9 Å². The number of ether oxygens (including phenoxy) is 4. The molecule has 17 heteroatoms. The number of carbonyl (C=O) groups is 4. The molecule has 0 bridgehead atoms. The van der Waals surface area contributed by atoms with Crippen LogP contribution in [0.15, 0.2) is 84.0 Å². The molecule has 66 heavy (non-hydrogen) atoms. The Kier molecular flexibility index (Phi) is 12.5. The zero-order valence-electron chi connectivity index (χ0n) is 37.0. The van der Waals surface area contributed by atoms with Gasteiger partial charge < -0.3 is 44.4 Å². The summed E-state index contributed by atoms with van der Waals surface area (Å²) < 4.78 is 47.0. The third kappa shape index (κ3) is 8.66. The van der Waals surface area contributed by atoms with Crippen molar-refractivity contribution in [2.45, 2.75) is 76.9 Å². The first-order valence-corrected chi connectivity index (χ1v) is 22.1. The molecule has 2 fully saturated rings. The van der Waals surface area contributed by atoms with Gasteiger partial charge in [0.05, 0.1) is 50.5 Å². The number of amides is 4. The molecule has 5 aromatic rings. The van der Waals surface area contributed by atoms with E-state index in [4.69, 9.17) is 28.9 Å². The van der Waals surface area contributed by atoms with E-state index in [9.17, 15) is 28.0 Å². The Bertz CT molecular complexity index is 2710. The normalized spacial score (nSPS) is 19.5. The first-order valence-electron chi connectivity index (χ1n) is 22.1. The lowest BCUT2D eigenvalue weighted by molar-refractivity contribution is -0.139. The molecule has 5 heterocycles. The van der Waals surface area contributed by atoms with Crippen LogP contribution < -0.4 is 15.4 Å². The molecule has 5 atom stereocenters. The van der Waals surface area contributed by atoms with Crippen molar-refractivity contribution in [1.29, 1.82) is 0 Å². The fraction of sp³-hybridized carbons (Fsp3) is 0.388.